The van der Waals surface area contributed by atoms with Crippen LogP contribution in [-0.2, 0) is 12.6 Å². The zero-order valence-electron chi connectivity index (χ0n) is 14.1. The van der Waals surface area contributed by atoms with Crippen molar-refractivity contribution in [1.82, 2.24) is 15.3 Å². The normalized spacial score (nSPS) is 16.0. The maximum absolute atomic E-state index is 12.8. The van der Waals surface area contributed by atoms with Crippen LogP contribution in [-0.4, -0.2) is 29.1 Å². The first-order chi connectivity index (χ1) is 12.0. The lowest BCUT2D eigenvalue weighted by molar-refractivity contribution is -0.141. The third-order valence-electron chi connectivity index (χ3n) is 4.52. The highest BCUT2D eigenvalue weighted by atomic mass is 19.4. The number of hydrogen-bond acceptors (Lipinski definition) is 4. The molecule has 25 heavy (non-hydrogen) atoms. The lowest BCUT2D eigenvalue weighted by Crippen LogP contribution is -2.41. The average molecular weight is 350 g/mol. The van der Waals surface area contributed by atoms with Gasteiger partial charge in [0.1, 0.15) is 5.69 Å². The van der Waals surface area contributed by atoms with Crippen LogP contribution in [0.5, 0.6) is 0 Å². The molecule has 0 bridgehead atoms. The molecule has 0 radical (unpaired) electrons. The van der Waals surface area contributed by atoms with Crippen LogP contribution >= 0.6 is 0 Å². The fraction of sp³-hybridized carbons (Fsp3) is 0.444. The van der Waals surface area contributed by atoms with Gasteiger partial charge in [0.25, 0.3) is 0 Å². The van der Waals surface area contributed by atoms with Gasteiger partial charge >= 0.3 is 6.18 Å². The smallest absolute Gasteiger partial charge is 0.336 e. The first-order valence-electron chi connectivity index (χ1n) is 8.46. The highest BCUT2D eigenvalue weighted by Crippen LogP contribution is 2.34. The molecule has 4 nitrogen and oxygen atoms in total. The highest BCUT2D eigenvalue weighted by Gasteiger charge is 2.33. The fourth-order valence-electron chi connectivity index (χ4n) is 3.24. The van der Waals surface area contributed by atoms with Crippen molar-refractivity contribution in [2.75, 3.05) is 18.0 Å². The molecule has 2 aromatic rings. The molecule has 3 heterocycles. The summed E-state index contributed by atoms with van der Waals surface area (Å²) in [4.78, 5) is 9.97. The molecule has 1 aliphatic heterocycles. The predicted octanol–water partition coefficient (Wildman–Crippen LogP) is 3.95. The Balaban J connectivity index is 2.02. The summed E-state index contributed by atoms with van der Waals surface area (Å²) < 4.78 is 38.5. The highest BCUT2D eigenvalue weighted by molar-refractivity contribution is 5.66. The monoisotopic (exact) mass is 350 g/mol. The number of halogens is 3. The molecule has 0 spiro atoms. The number of pyridine rings is 2. The Labute approximate surface area is 145 Å². The van der Waals surface area contributed by atoms with E-state index >= 15 is 0 Å². The maximum atomic E-state index is 12.8. The van der Waals surface area contributed by atoms with E-state index in [4.69, 9.17) is 0 Å². The Morgan fingerprint density at radius 2 is 1.92 bits per heavy atom. The van der Waals surface area contributed by atoms with Gasteiger partial charge in [-0.15, -0.1) is 0 Å². The molecule has 1 saturated heterocycles. The van der Waals surface area contributed by atoms with E-state index in [0.29, 0.717) is 5.69 Å². The summed E-state index contributed by atoms with van der Waals surface area (Å²) in [5.74, 6) is 0. The third kappa shape index (κ3) is 3.92. The number of aryl methyl sites for hydroxylation is 1. The molecule has 2 aromatic heterocycles. The van der Waals surface area contributed by atoms with E-state index in [0.717, 1.165) is 49.7 Å². The topological polar surface area (TPSA) is 41.1 Å². The summed E-state index contributed by atoms with van der Waals surface area (Å²) in [6.07, 6.45) is 3.08. The van der Waals surface area contributed by atoms with Crippen LogP contribution in [0.15, 0.2) is 36.8 Å². The van der Waals surface area contributed by atoms with Gasteiger partial charge in [0, 0.05) is 12.2 Å². The zero-order valence-corrected chi connectivity index (χ0v) is 14.1. The molecule has 0 amide bonds. The summed E-state index contributed by atoms with van der Waals surface area (Å²) in [5.41, 5.74) is 1.86. The largest absolute Gasteiger partial charge is 0.433 e. The fourth-order valence-corrected chi connectivity index (χ4v) is 3.24. The molecule has 1 fully saturated rings. The summed E-state index contributed by atoms with van der Waals surface area (Å²) in [7, 11) is 0. The van der Waals surface area contributed by atoms with Crippen molar-refractivity contribution < 1.29 is 13.2 Å². The number of alkyl halides is 3. The van der Waals surface area contributed by atoms with Crippen LogP contribution in [0, 0.1) is 0 Å². The molecule has 0 aliphatic carbocycles. The van der Waals surface area contributed by atoms with E-state index < -0.39 is 11.9 Å². The second-order valence-corrected chi connectivity index (χ2v) is 6.11. The van der Waals surface area contributed by atoms with Crippen molar-refractivity contribution in [2.45, 2.75) is 38.4 Å². The minimum absolute atomic E-state index is 0.203. The van der Waals surface area contributed by atoms with Crippen LogP contribution in [0.25, 0.3) is 0 Å². The third-order valence-corrected chi connectivity index (χ3v) is 4.52. The number of nitrogens with zero attached hydrogens (tertiary/aromatic N) is 3. The quantitative estimate of drug-likeness (QED) is 0.907. The molecular weight excluding hydrogens is 329 g/mol. The van der Waals surface area contributed by atoms with Gasteiger partial charge in [0.2, 0.25) is 0 Å². The van der Waals surface area contributed by atoms with Crippen LogP contribution in [0.1, 0.15) is 31.0 Å². The first-order valence-corrected chi connectivity index (χ1v) is 8.46. The number of rotatable bonds is 4. The Kier molecular flexibility index (Phi) is 5.22. The molecule has 0 atom stereocenters. The molecular formula is C18H21F3N4. The molecule has 1 aliphatic rings. The van der Waals surface area contributed by atoms with Crippen LogP contribution in [0.3, 0.4) is 0 Å². The summed E-state index contributed by atoms with van der Waals surface area (Å²) >= 11 is 0. The van der Waals surface area contributed by atoms with E-state index in [-0.39, 0.29) is 6.04 Å². The number of piperidine rings is 1. The molecule has 0 unspecified atom stereocenters. The minimum Gasteiger partial charge on any atom is -0.336 e. The Morgan fingerprint density at radius 1 is 1.16 bits per heavy atom. The predicted molar refractivity (Wildman–Crippen MR) is 90.9 cm³/mol. The van der Waals surface area contributed by atoms with E-state index in [2.05, 4.69) is 27.1 Å². The summed E-state index contributed by atoms with van der Waals surface area (Å²) in [6, 6.07) is 4.71. The van der Waals surface area contributed by atoms with Gasteiger partial charge in [0.05, 0.1) is 23.8 Å². The van der Waals surface area contributed by atoms with Crippen LogP contribution in [0.2, 0.25) is 0 Å². The molecule has 7 heteroatoms. The van der Waals surface area contributed by atoms with Gasteiger partial charge in [-0.1, -0.05) is 6.92 Å². The van der Waals surface area contributed by atoms with Crippen molar-refractivity contribution in [3.8, 4) is 0 Å². The van der Waals surface area contributed by atoms with Crippen molar-refractivity contribution in [2.24, 2.45) is 0 Å². The Morgan fingerprint density at radius 3 is 2.52 bits per heavy atom. The molecule has 3 rings (SSSR count). The molecule has 0 aromatic carbocycles. The van der Waals surface area contributed by atoms with Gasteiger partial charge in [0.15, 0.2) is 0 Å². The van der Waals surface area contributed by atoms with E-state index in [1.165, 1.54) is 12.3 Å². The summed E-state index contributed by atoms with van der Waals surface area (Å²) in [5, 5.41) is 3.32. The van der Waals surface area contributed by atoms with Crippen molar-refractivity contribution in [1.29, 1.82) is 0 Å². The van der Waals surface area contributed by atoms with Crippen LogP contribution < -0.4 is 10.2 Å². The van der Waals surface area contributed by atoms with Crippen molar-refractivity contribution in [3.05, 3.63) is 48.0 Å². The number of hydrogen-bond donors (Lipinski definition) is 1. The van der Waals surface area contributed by atoms with E-state index in [1.54, 1.807) is 12.4 Å². The Bertz CT molecular complexity index is 694. The average Bonchev–Trinajstić information content (AvgIpc) is 2.63. The number of nitrogens with one attached hydrogen (secondary N) is 1. The maximum Gasteiger partial charge on any atom is 0.433 e. The summed E-state index contributed by atoms with van der Waals surface area (Å²) in [6.45, 7) is 3.83. The van der Waals surface area contributed by atoms with Crippen molar-refractivity contribution >= 4 is 11.4 Å². The van der Waals surface area contributed by atoms with Gasteiger partial charge in [-0.3, -0.25) is 4.98 Å². The minimum atomic E-state index is -4.43. The van der Waals surface area contributed by atoms with Gasteiger partial charge in [-0.05, 0) is 56.1 Å². The van der Waals surface area contributed by atoms with Crippen LogP contribution in [0.4, 0.5) is 24.5 Å². The van der Waals surface area contributed by atoms with Crippen molar-refractivity contribution in [3.63, 3.8) is 0 Å². The lowest BCUT2D eigenvalue weighted by Gasteiger charge is -2.37. The molecule has 1 N–H and O–H groups in total. The number of aromatic nitrogens is 2. The first kappa shape index (κ1) is 17.7. The Hall–Kier alpha value is -2.15. The standard InChI is InChI=1S/C18H21F3N4/c1-2-13-5-8-23-12-16(13)25(14-6-9-22-10-7-14)15-3-4-17(24-11-15)18(19,20)21/h3-5,8,11-12,14,22H,2,6-7,9-10H2,1H3. The van der Waals surface area contributed by atoms with E-state index in [1.807, 2.05) is 6.07 Å². The van der Waals surface area contributed by atoms with E-state index in [9.17, 15) is 13.2 Å². The second-order valence-electron chi connectivity index (χ2n) is 6.11. The zero-order chi connectivity index (χ0) is 17.9. The lowest BCUT2D eigenvalue weighted by atomic mass is 10.0. The number of anilines is 2. The molecule has 134 valence electrons. The molecule has 0 saturated carbocycles. The van der Waals surface area contributed by atoms with Gasteiger partial charge in [-0.25, -0.2) is 4.98 Å². The van der Waals surface area contributed by atoms with Gasteiger partial charge < -0.3 is 10.2 Å². The van der Waals surface area contributed by atoms with Gasteiger partial charge in [-0.2, -0.15) is 13.2 Å². The second kappa shape index (κ2) is 7.39. The SMILES string of the molecule is CCc1ccncc1N(c1ccc(C(F)(F)F)nc1)C1CCNCC1.